The number of ether oxygens (including phenoxy) is 2. The number of fused-ring (bicyclic) bond motifs is 10. The van der Waals surface area contributed by atoms with Gasteiger partial charge in [0.05, 0.1) is 24.4 Å². The second-order valence-electron chi connectivity index (χ2n) is 14.5. The maximum Gasteiger partial charge on any atom is 0.317 e. The molecule has 12 atom stereocenters. The summed E-state index contributed by atoms with van der Waals surface area (Å²) in [5, 5.41) is 0. The van der Waals surface area contributed by atoms with Gasteiger partial charge in [-0.15, -0.1) is 0 Å². The van der Waals surface area contributed by atoms with Crippen molar-refractivity contribution >= 4 is 34.2 Å². The molecule has 0 aromatic heterocycles. The molecule has 3 heterocycles. The zero-order chi connectivity index (χ0) is 25.1. The van der Waals surface area contributed by atoms with E-state index in [0.29, 0.717) is 24.4 Å². The molecular weight excluding hydrogens is 521 g/mol. The summed E-state index contributed by atoms with van der Waals surface area (Å²) in [4.78, 5) is 0. The van der Waals surface area contributed by atoms with Crippen LogP contribution in [0.5, 0.6) is 0 Å². The lowest BCUT2D eigenvalue weighted by Gasteiger charge is -2.50. The summed E-state index contributed by atoms with van der Waals surface area (Å²) in [5.74, 6) is 4.83. The summed E-state index contributed by atoms with van der Waals surface area (Å²) in [5.41, 5.74) is 0. The van der Waals surface area contributed by atoms with E-state index in [9.17, 15) is 0 Å². The molecule has 6 nitrogen and oxygen atoms in total. The summed E-state index contributed by atoms with van der Waals surface area (Å²) >= 11 is 0. The smallest absolute Gasteiger partial charge is 0.317 e. The number of rotatable bonds is 8. The van der Waals surface area contributed by atoms with Crippen LogP contribution >= 0.6 is 0 Å². The van der Waals surface area contributed by atoms with Gasteiger partial charge in [-0.25, -0.2) is 0 Å². The van der Waals surface area contributed by atoms with E-state index >= 15 is 0 Å². The highest BCUT2D eigenvalue weighted by Crippen LogP contribution is 2.61. The molecule has 7 aliphatic rings. The zero-order valence-electron chi connectivity index (χ0n) is 23.3. The van der Waals surface area contributed by atoms with Crippen molar-refractivity contribution in [1.82, 2.24) is 0 Å². The molecule has 0 aromatic carbocycles. The first-order valence-electron chi connectivity index (χ1n) is 15.1. The van der Waals surface area contributed by atoms with E-state index in [-0.39, 0.29) is 0 Å². The fourth-order valence-corrected chi connectivity index (χ4v) is 32.8. The molecule has 0 spiro atoms. The largest absolute Gasteiger partial charge is 0.416 e. The average molecular weight is 569 g/mol. The second-order valence-corrected chi connectivity index (χ2v) is 28.8. The van der Waals surface area contributed by atoms with Crippen LogP contribution in [0.3, 0.4) is 0 Å². The van der Waals surface area contributed by atoms with E-state index in [2.05, 4.69) is 39.7 Å². The lowest BCUT2D eigenvalue weighted by atomic mass is 9.87. The monoisotopic (exact) mass is 568 g/mol. The Balaban J connectivity index is 1.04. The molecule has 204 valence electrons. The van der Waals surface area contributed by atoms with Crippen LogP contribution in [-0.2, 0) is 25.9 Å². The van der Waals surface area contributed by atoms with Crippen LogP contribution < -0.4 is 0 Å². The lowest BCUT2D eigenvalue weighted by molar-refractivity contribution is 0.215. The van der Waals surface area contributed by atoms with Gasteiger partial charge < -0.3 is 25.9 Å². The highest BCUT2D eigenvalue weighted by Gasteiger charge is 2.64. The average Bonchev–Trinajstić information content (AvgIpc) is 3.59. The van der Waals surface area contributed by atoms with Gasteiger partial charge in [-0.2, -0.15) is 0 Å². The Hall–Kier alpha value is 0.628. The van der Waals surface area contributed by atoms with E-state index in [0.717, 1.165) is 60.1 Å². The Bertz CT molecular complexity index is 830. The van der Waals surface area contributed by atoms with Crippen LogP contribution in [0.15, 0.2) is 0 Å². The normalized spacial score (nSPS) is 57.8. The predicted octanol–water partition coefficient (Wildman–Crippen LogP) is 6.02. The van der Waals surface area contributed by atoms with Crippen LogP contribution in [0.4, 0.5) is 0 Å². The molecule has 0 radical (unpaired) electrons. The maximum absolute atomic E-state index is 7.23. The van der Waals surface area contributed by atoms with Crippen molar-refractivity contribution < 1.29 is 25.9 Å². The molecule has 3 aliphatic heterocycles. The minimum absolute atomic E-state index is 0.582. The van der Waals surface area contributed by atoms with E-state index in [1.165, 1.54) is 38.5 Å². The first-order chi connectivity index (χ1) is 17.0. The minimum Gasteiger partial charge on any atom is -0.416 e. The fourth-order valence-electron chi connectivity index (χ4n) is 9.82. The van der Waals surface area contributed by atoms with Crippen molar-refractivity contribution in [2.24, 2.45) is 35.5 Å². The quantitative estimate of drug-likeness (QED) is 0.264. The molecule has 36 heavy (non-hydrogen) atoms. The van der Waals surface area contributed by atoms with Crippen molar-refractivity contribution in [1.29, 1.82) is 0 Å². The van der Waals surface area contributed by atoms with Crippen LogP contribution in [0.2, 0.25) is 50.9 Å². The molecule has 4 saturated carbocycles. The maximum atomic E-state index is 7.23. The summed E-state index contributed by atoms with van der Waals surface area (Å²) < 4.78 is 40.6. The number of epoxide rings is 2. The number of hydrogen-bond donors (Lipinski definition) is 0. The molecule has 10 heteroatoms. The van der Waals surface area contributed by atoms with Crippen LogP contribution in [0.1, 0.15) is 51.9 Å². The van der Waals surface area contributed by atoms with Crippen LogP contribution in [0, 0.1) is 35.5 Å². The third-order valence-corrected chi connectivity index (χ3v) is 29.0. The summed E-state index contributed by atoms with van der Waals surface area (Å²) in [6.45, 7) is 13.7. The summed E-state index contributed by atoms with van der Waals surface area (Å²) in [6, 6.07) is 3.17. The highest BCUT2D eigenvalue weighted by atomic mass is 28.5. The Kier molecular flexibility index (Phi) is 6.09. The molecular formula is C26H48O6Si4. The Morgan fingerprint density at radius 1 is 0.556 bits per heavy atom. The third kappa shape index (κ3) is 4.56. The summed E-state index contributed by atoms with van der Waals surface area (Å²) in [6.07, 6.45) is 11.4. The molecule has 3 saturated heterocycles. The summed E-state index contributed by atoms with van der Waals surface area (Å²) in [7, 11) is -9.62. The van der Waals surface area contributed by atoms with Crippen molar-refractivity contribution in [3.05, 3.63) is 0 Å². The predicted molar refractivity (Wildman–Crippen MR) is 147 cm³/mol. The lowest BCUT2D eigenvalue weighted by Crippen LogP contribution is -2.66. The topological polar surface area (TPSA) is 62.0 Å². The van der Waals surface area contributed by atoms with Gasteiger partial charge in [0.1, 0.15) is 0 Å². The van der Waals surface area contributed by atoms with Gasteiger partial charge in [0.25, 0.3) is 0 Å². The third-order valence-electron chi connectivity index (χ3n) is 10.9. The Morgan fingerprint density at radius 2 is 1.00 bits per heavy atom. The Morgan fingerprint density at radius 3 is 1.39 bits per heavy atom. The van der Waals surface area contributed by atoms with E-state index in [4.69, 9.17) is 25.9 Å². The van der Waals surface area contributed by atoms with Gasteiger partial charge in [-0.1, -0.05) is 13.3 Å². The van der Waals surface area contributed by atoms with Crippen LogP contribution in [-0.4, -0.2) is 58.7 Å². The number of hydrogen-bond acceptors (Lipinski definition) is 6. The van der Waals surface area contributed by atoms with Gasteiger partial charge in [-0.05, 0) is 125 Å². The van der Waals surface area contributed by atoms with E-state index in [1.54, 1.807) is 0 Å². The van der Waals surface area contributed by atoms with Gasteiger partial charge in [0, 0.05) is 0 Å². The molecule has 7 rings (SSSR count). The molecule has 0 N–H and O–H groups in total. The Labute approximate surface area is 222 Å². The SMILES string of the molecule is CCC[Si]1(C)O[Si](C)(CCC2CC3CC2C2OC32)O[Si](C)(C)O[Si](C)(CCC2CC3CC2C2OC32)O1. The minimum atomic E-state index is -2.42. The molecule has 12 unspecified atom stereocenters. The molecule has 0 aromatic rings. The van der Waals surface area contributed by atoms with Gasteiger partial charge in [-0.3, -0.25) is 0 Å². The molecule has 7 fully saturated rings. The van der Waals surface area contributed by atoms with Gasteiger partial charge >= 0.3 is 34.2 Å². The van der Waals surface area contributed by atoms with Crippen molar-refractivity contribution in [2.75, 3.05) is 0 Å². The van der Waals surface area contributed by atoms with E-state index in [1.807, 2.05) is 0 Å². The highest BCUT2D eigenvalue weighted by molar-refractivity contribution is 6.93. The molecule has 0 amide bonds. The first kappa shape index (κ1) is 25.6. The first-order valence-corrected chi connectivity index (χ1v) is 25.5. The second kappa shape index (κ2) is 8.56. The van der Waals surface area contributed by atoms with E-state index < -0.39 is 34.2 Å². The van der Waals surface area contributed by atoms with Gasteiger partial charge in [0.2, 0.25) is 0 Å². The van der Waals surface area contributed by atoms with Crippen LogP contribution in [0.25, 0.3) is 0 Å². The zero-order valence-corrected chi connectivity index (χ0v) is 27.3. The fraction of sp³-hybridized carbons (Fsp3) is 1.00. The molecule has 4 aliphatic carbocycles. The van der Waals surface area contributed by atoms with Crippen molar-refractivity contribution in [3.8, 4) is 0 Å². The van der Waals surface area contributed by atoms with Crippen molar-refractivity contribution in [2.45, 2.75) is 127 Å². The standard InChI is InChI=1S/C26H48O6Si4/c1-7-10-34(4)31-35(5,11-8-17-13-19-15-21(17)25-23(19)27-25)29-33(2,3)30-36(6,32-34)12-9-18-14-20-16-22(18)26-24(20)28-26/h17-26H,7-16H2,1-6H3. The molecule has 4 bridgehead atoms. The van der Waals surface area contributed by atoms with Crippen molar-refractivity contribution in [3.63, 3.8) is 0 Å². The van der Waals surface area contributed by atoms with Gasteiger partial charge in [0.15, 0.2) is 0 Å².